The highest BCUT2D eigenvalue weighted by Gasteiger charge is 2.41. The number of piperidine rings is 1. The Balaban J connectivity index is 1.18. The van der Waals surface area contributed by atoms with Gasteiger partial charge in [0.1, 0.15) is 29.1 Å². The van der Waals surface area contributed by atoms with Gasteiger partial charge in [0.2, 0.25) is 0 Å². The number of hydrogen-bond donors (Lipinski definition) is 2. The highest BCUT2D eigenvalue weighted by Crippen LogP contribution is 2.41. The maximum Gasteiger partial charge on any atom is 0.167 e. The molecular formula is C25H31F2N7O. The van der Waals surface area contributed by atoms with Crippen LogP contribution in [0, 0.1) is 5.82 Å². The minimum Gasteiger partial charge on any atom is -0.484 e. The Hall–Kier alpha value is -2.85. The second-order valence-electron chi connectivity index (χ2n) is 10.4. The van der Waals surface area contributed by atoms with Crippen LogP contribution in [-0.2, 0) is 0 Å². The monoisotopic (exact) mass is 483 g/mol. The van der Waals surface area contributed by atoms with Crippen LogP contribution in [0.1, 0.15) is 32.6 Å². The zero-order valence-corrected chi connectivity index (χ0v) is 20.0. The molecule has 186 valence electrons. The number of H-pyrrole nitrogens is 1. The summed E-state index contributed by atoms with van der Waals surface area (Å²) in [7, 11) is 0. The minimum atomic E-state index is -1.09. The van der Waals surface area contributed by atoms with Crippen LogP contribution < -0.4 is 15.0 Å². The Morgan fingerprint density at radius 3 is 2.54 bits per heavy atom. The summed E-state index contributed by atoms with van der Waals surface area (Å²) in [4.78, 5) is 13.4. The first-order valence-corrected chi connectivity index (χ1v) is 12.5. The molecule has 0 amide bonds. The fraction of sp³-hybridized carbons (Fsp3) is 0.560. The number of nitrogens with one attached hydrogen (secondary N) is 2. The van der Waals surface area contributed by atoms with E-state index in [4.69, 9.17) is 4.74 Å². The van der Waals surface area contributed by atoms with E-state index in [9.17, 15) is 4.39 Å². The van der Waals surface area contributed by atoms with Gasteiger partial charge in [0, 0.05) is 50.2 Å². The number of anilines is 1. The van der Waals surface area contributed by atoms with Gasteiger partial charge in [-0.1, -0.05) is 0 Å². The second kappa shape index (κ2) is 8.67. The lowest BCUT2D eigenvalue weighted by molar-refractivity contribution is 0.0591. The molecule has 3 aromatic rings. The van der Waals surface area contributed by atoms with E-state index < -0.39 is 11.5 Å². The van der Waals surface area contributed by atoms with Crippen LogP contribution in [0.25, 0.3) is 22.3 Å². The maximum atomic E-state index is 15.1. The molecule has 1 aromatic carbocycles. The molecule has 35 heavy (non-hydrogen) atoms. The number of piperazine rings is 1. The van der Waals surface area contributed by atoms with Gasteiger partial charge in [-0.2, -0.15) is 5.10 Å². The first-order valence-electron chi connectivity index (χ1n) is 12.5. The molecule has 10 heteroatoms. The number of hydrogen-bond acceptors (Lipinski definition) is 7. The van der Waals surface area contributed by atoms with Crippen molar-refractivity contribution < 1.29 is 13.5 Å². The van der Waals surface area contributed by atoms with Gasteiger partial charge in [-0.25, -0.2) is 18.7 Å². The molecule has 3 aliphatic rings. The molecule has 2 aromatic heterocycles. The molecule has 0 atom stereocenters. The van der Waals surface area contributed by atoms with E-state index in [0.717, 1.165) is 63.3 Å². The van der Waals surface area contributed by atoms with Crippen molar-refractivity contribution in [3.63, 3.8) is 0 Å². The molecule has 0 bridgehead atoms. The van der Waals surface area contributed by atoms with E-state index in [1.165, 1.54) is 12.4 Å². The number of nitrogens with zero attached hydrogens (tertiary/aromatic N) is 5. The van der Waals surface area contributed by atoms with Gasteiger partial charge in [-0.3, -0.25) is 10.00 Å². The van der Waals surface area contributed by atoms with Crippen LogP contribution in [0.3, 0.4) is 0 Å². The summed E-state index contributed by atoms with van der Waals surface area (Å²) in [6.07, 6.45) is 4.55. The van der Waals surface area contributed by atoms with Crippen molar-refractivity contribution in [1.82, 2.24) is 30.4 Å². The molecule has 4 heterocycles. The van der Waals surface area contributed by atoms with Crippen molar-refractivity contribution in [2.75, 3.05) is 50.7 Å². The standard InChI is InChI=1S/C25H31F2N7O/c1-24(2-3-24)35-21-12-17-19(13-18(21)26)31-32-23(17)20-14-22(30-16-29-20)34-10-8-33(9-11-34)15-25(27)4-6-28-7-5-25/h12-14,16,28H,2-11,15H2,1H3,(H,31,32). The SMILES string of the molecule is CC1(Oc2cc3c(-c4cc(N5CCN(CC6(F)CCNCC6)CC5)ncn4)n[nH]c3cc2F)CC1. The molecule has 1 aliphatic carbocycles. The summed E-state index contributed by atoms with van der Waals surface area (Å²) in [5.41, 5.74) is 0.528. The number of alkyl halides is 1. The van der Waals surface area contributed by atoms with Gasteiger partial charge in [0.05, 0.1) is 11.2 Å². The lowest BCUT2D eigenvalue weighted by atomic mass is 9.93. The highest BCUT2D eigenvalue weighted by molar-refractivity contribution is 5.93. The van der Waals surface area contributed by atoms with E-state index in [0.29, 0.717) is 36.3 Å². The molecular weight excluding hydrogens is 452 g/mol. The fourth-order valence-electron chi connectivity index (χ4n) is 5.05. The molecule has 2 N–H and O–H groups in total. The third kappa shape index (κ3) is 4.69. The average Bonchev–Trinajstić information content (AvgIpc) is 3.44. The molecule has 1 saturated carbocycles. The largest absolute Gasteiger partial charge is 0.484 e. The van der Waals surface area contributed by atoms with Gasteiger partial charge in [-0.15, -0.1) is 0 Å². The van der Waals surface area contributed by atoms with Crippen LogP contribution in [-0.4, -0.2) is 82.1 Å². The number of benzene rings is 1. The number of aromatic amines is 1. The Morgan fingerprint density at radius 2 is 1.80 bits per heavy atom. The van der Waals surface area contributed by atoms with Crippen LogP contribution in [0.15, 0.2) is 24.5 Å². The third-order valence-electron chi connectivity index (χ3n) is 7.52. The average molecular weight is 484 g/mol. The topological polar surface area (TPSA) is 82.2 Å². The van der Waals surface area contributed by atoms with Crippen molar-refractivity contribution in [3.05, 3.63) is 30.3 Å². The Morgan fingerprint density at radius 1 is 1.03 bits per heavy atom. The molecule has 0 radical (unpaired) electrons. The molecule has 2 saturated heterocycles. The zero-order valence-electron chi connectivity index (χ0n) is 20.0. The maximum absolute atomic E-state index is 15.1. The Labute approximate surface area is 203 Å². The van der Waals surface area contributed by atoms with Crippen molar-refractivity contribution >= 4 is 16.7 Å². The smallest absolute Gasteiger partial charge is 0.167 e. The van der Waals surface area contributed by atoms with Crippen molar-refractivity contribution in [1.29, 1.82) is 0 Å². The summed E-state index contributed by atoms with van der Waals surface area (Å²) >= 11 is 0. The van der Waals surface area contributed by atoms with Crippen molar-refractivity contribution in [2.45, 2.75) is 43.9 Å². The quantitative estimate of drug-likeness (QED) is 0.557. The predicted molar refractivity (Wildman–Crippen MR) is 130 cm³/mol. The molecule has 0 unspecified atom stereocenters. The molecule has 0 spiro atoms. The molecule has 8 nitrogen and oxygen atoms in total. The fourth-order valence-corrected chi connectivity index (χ4v) is 5.05. The van der Waals surface area contributed by atoms with Crippen molar-refractivity contribution in [3.8, 4) is 17.1 Å². The summed E-state index contributed by atoms with van der Waals surface area (Å²) in [5, 5.41) is 11.3. The van der Waals surface area contributed by atoms with Gasteiger partial charge < -0.3 is 15.0 Å². The lowest BCUT2D eigenvalue weighted by Gasteiger charge is -2.40. The number of aromatic nitrogens is 4. The second-order valence-corrected chi connectivity index (χ2v) is 10.4. The van der Waals surface area contributed by atoms with Gasteiger partial charge in [0.25, 0.3) is 0 Å². The third-order valence-corrected chi connectivity index (χ3v) is 7.52. The van der Waals surface area contributed by atoms with E-state index in [2.05, 4.69) is 35.3 Å². The molecule has 3 fully saturated rings. The summed E-state index contributed by atoms with van der Waals surface area (Å²) in [6.45, 7) is 7.12. The van der Waals surface area contributed by atoms with Crippen LogP contribution in [0.4, 0.5) is 14.6 Å². The van der Waals surface area contributed by atoms with E-state index in [-0.39, 0.29) is 11.4 Å². The number of ether oxygens (including phenoxy) is 1. The molecule has 6 rings (SSSR count). The van der Waals surface area contributed by atoms with Crippen molar-refractivity contribution in [2.24, 2.45) is 0 Å². The minimum absolute atomic E-state index is 0.241. The zero-order chi connectivity index (χ0) is 24.0. The van der Waals surface area contributed by atoms with Crippen LogP contribution in [0.5, 0.6) is 5.75 Å². The summed E-state index contributed by atoms with van der Waals surface area (Å²) in [5.74, 6) is 0.651. The van der Waals surface area contributed by atoms with Gasteiger partial charge >= 0.3 is 0 Å². The number of fused-ring (bicyclic) bond motifs is 1. The normalized spacial score (nSPS) is 21.9. The van der Waals surface area contributed by atoms with Gasteiger partial charge in [-0.05, 0) is 51.8 Å². The summed E-state index contributed by atoms with van der Waals surface area (Å²) in [6, 6.07) is 5.05. The van der Waals surface area contributed by atoms with Crippen LogP contribution in [0.2, 0.25) is 0 Å². The number of halogens is 2. The lowest BCUT2D eigenvalue weighted by Crippen LogP contribution is -2.53. The predicted octanol–water partition coefficient (Wildman–Crippen LogP) is 3.30. The Bertz CT molecular complexity index is 1210. The molecule has 2 aliphatic heterocycles. The first kappa shape index (κ1) is 22.6. The first-order chi connectivity index (χ1) is 16.9. The number of rotatable bonds is 6. The highest BCUT2D eigenvalue weighted by atomic mass is 19.1. The van der Waals surface area contributed by atoms with E-state index in [1.54, 1.807) is 6.07 Å². The summed E-state index contributed by atoms with van der Waals surface area (Å²) < 4.78 is 35.6. The van der Waals surface area contributed by atoms with E-state index >= 15 is 4.39 Å². The van der Waals surface area contributed by atoms with Gasteiger partial charge in [0.15, 0.2) is 11.6 Å². The van der Waals surface area contributed by atoms with Crippen LogP contribution >= 0.6 is 0 Å². The van der Waals surface area contributed by atoms with E-state index in [1.807, 2.05) is 13.0 Å². The Kier molecular flexibility index (Phi) is 5.60.